The number of unbranched alkanes of at least 4 members (excludes halogenated alkanes) is 1. The molecule has 0 aromatic carbocycles. The lowest BCUT2D eigenvalue weighted by Crippen LogP contribution is -2.38. The maximum atomic E-state index is 5.78. The molecule has 2 rings (SSSR count). The van der Waals surface area contributed by atoms with Gasteiger partial charge in [-0.25, -0.2) is 4.98 Å². The molecule has 0 saturated carbocycles. The normalized spacial score (nSPS) is 22.1. The monoisotopic (exact) mass is 315 g/mol. The molecule has 1 fully saturated rings. The van der Waals surface area contributed by atoms with Crippen LogP contribution in [0.3, 0.4) is 0 Å². The van der Waals surface area contributed by atoms with Crippen LogP contribution in [0.5, 0.6) is 0 Å². The average Bonchev–Trinajstić information content (AvgIpc) is 2.82. The van der Waals surface area contributed by atoms with Gasteiger partial charge in [-0.15, -0.1) is 22.9 Å². The van der Waals surface area contributed by atoms with Crippen LogP contribution in [0.2, 0.25) is 0 Å². The van der Waals surface area contributed by atoms with E-state index in [9.17, 15) is 0 Å². The minimum absolute atomic E-state index is 0.537. The molecule has 114 valence electrons. The van der Waals surface area contributed by atoms with Crippen molar-refractivity contribution in [3.63, 3.8) is 0 Å². The zero-order chi connectivity index (χ0) is 14.4. The van der Waals surface area contributed by atoms with E-state index in [-0.39, 0.29) is 0 Å². The Morgan fingerprint density at radius 2 is 2.25 bits per heavy atom. The summed E-state index contributed by atoms with van der Waals surface area (Å²) in [5.74, 6) is 0.537. The molecule has 0 aliphatic carbocycles. The molecule has 3 nitrogen and oxygen atoms in total. The van der Waals surface area contributed by atoms with Gasteiger partial charge in [0.15, 0.2) is 0 Å². The molecule has 0 radical (unpaired) electrons. The fraction of sp³-hybridized carbons (Fsp3) is 0.800. The van der Waals surface area contributed by atoms with Crippen LogP contribution in [-0.2, 0) is 12.3 Å². The van der Waals surface area contributed by atoms with Crippen molar-refractivity contribution >= 4 is 22.9 Å². The first-order valence-corrected chi connectivity index (χ1v) is 9.02. The van der Waals surface area contributed by atoms with Crippen LogP contribution in [0.25, 0.3) is 0 Å². The maximum absolute atomic E-state index is 5.78. The van der Waals surface area contributed by atoms with E-state index in [2.05, 4.69) is 34.1 Å². The standard InChI is InChI=1S/C15H26ClN3S/c1-13-11-18(2)7-5-9-19(13)8-4-3-6-15-17-14(10-16)12-20-15/h12-13H,3-11H2,1-2H3. The molecule has 1 aliphatic heterocycles. The van der Waals surface area contributed by atoms with E-state index >= 15 is 0 Å². The number of aromatic nitrogens is 1. The Bertz CT molecular complexity index is 396. The Labute approximate surface area is 131 Å². The van der Waals surface area contributed by atoms with Gasteiger partial charge in [0.05, 0.1) is 16.6 Å². The van der Waals surface area contributed by atoms with Gasteiger partial charge in [-0.05, 0) is 59.3 Å². The van der Waals surface area contributed by atoms with Crippen LogP contribution < -0.4 is 0 Å². The second kappa shape index (κ2) is 8.32. The molecule has 0 N–H and O–H groups in total. The smallest absolute Gasteiger partial charge is 0.0928 e. The highest BCUT2D eigenvalue weighted by atomic mass is 35.5. The van der Waals surface area contributed by atoms with Gasteiger partial charge in [0.25, 0.3) is 0 Å². The topological polar surface area (TPSA) is 19.4 Å². The van der Waals surface area contributed by atoms with Gasteiger partial charge in [0, 0.05) is 18.0 Å². The lowest BCUT2D eigenvalue weighted by Gasteiger charge is -2.27. The van der Waals surface area contributed by atoms with E-state index in [0.717, 1.165) is 12.1 Å². The Kier molecular flexibility index (Phi) is 6.75. The Balaban J connectivity index is 1.67. The first kappa shape index (κ1) is 16.2. The number of likely N-dealkylation sites (N-methyl/N-ethyl adjacent to an activating group) is 1. The summed E-state index contributed by atoms with van der Waals surface area (Å²) in [4.78, 5) is 9.62. The van der Waals surface area contributed by atoms with E-state index in [0.29, 0.717) is 11.9 Å². The third kappa shape index (κ3) is 4.99. The van der Waals surface area contributed by atoms with Gasteiger partial charge >= 0.3 is 0 Å². The number of hydrogen-bond donors (Lipinski definition) is 0. The van der Waals surface area contributed by atoms with Crippen molar-refractivity contribution in [2.75, 3.05) is 33.2 Å². The van der Waals surface area contributed by atoms with Gasteiger partial charge < -0.3 is 4.90 Å². The summed E-state index contributed by atoms with van der Waals surface area (Å²) < 4.78 is 0. The molecule has 1 unspecified atom stereocenters. The summed E-state index contributed by atoms with van der Waals surface area (Å²) in [6.45, 7) is 7.27. The molecule has 1 saturated heterocycles. The predicted octanol–water partition coefficient (Wildman–Crippen LogP) is 3.23. The summed E-state index contributed by atoms with van der Waals surface area (Å²) in [5.41, 5.74) is 1.02. The number of hydrogen-bond acceptors (Lipinski definition) is 4. The lowest BCUT2D eigenvalue weighted by atomic mass is 10.2. The van der Waals surface area contributed by atoms with Crippen LogP contribution >= 0.6 is 22.9 Å². The fourth-order valence-corrected chi connectivity index (χ4v) is 3.94. The van der Waals surface area contributed by atoms with Crippen LogP contribution in [0.1, 0.15) is 36.9 Å². The molecule has 1 atom stereocenters. The number of alkyl halides is 1. The summed E-state index contributed by atoms with van der Waals surface area (Å²) in [5, 5.41) is 3.32. The number of nitrogens with zero attached hydrogens (tertiary/aromatic N) is 3. The van der Waals surface area contributed by atoms with Gasteiger partial charge in [0.1, 0.15) is 0 Å². The highest BCUT2D eigenvalue weighted by molar-refractivity contribution is 7.09. The van der Waals surface area contributed by atoms with Crippen molar-refractivity contribution in [1.82, 2.24) is 14.8 Å². The van der Waals surface area contributed by atoms with Crippen molar-refractivity contribution in [2.24, 2.45) is 0 Å². The molecule has 5 heteroatoms. The summed E-state index contributed by atoms with van der Waals surface area (Å²) in [7, 11) is 2.23. The molecule has 1 aromatic heterocycles. The van der Waals surface area contributed by atoms with Crippen LogP contribution in [0.15, 0.2) is 5.38 Å². The minimum Gasteiger partial charge on any atom is -0.305 e. The molecule has 2 heterocycles. The van der Waals surface area contributed by atoms with Crippen LogP contribution in [-0.4, -0.2) is 54.1 Å². The van der Waals surface area contributed by atoms with Gasteiger partial charge in [-0.1, -0.05) is 0 Å². The zero-order valence-electron chi connectivity index (χ0n) is 12.6. The highest BCUT2D eigenvalue weighted by Crippen LogP contribution is 2.15. The largest absolute Gasteiger partial charge is 0.305 e. The average molecular weight is 316 g/mol. The Morgan fingerprint density at radius 3 is 3.00 bits per heavy atom. The van der Waals surface area contributed by atoms with Crippen molar-refractivity contribution in [1.29, 1.82) is 0 Å². The van der Waals surface area contributed by atoms with Gasteiger partial charge in [0.2, 0.25) is 0 Å². The van der Waals surface area contributed by atoms with Crippen LogP contribution in [0, 0.1) is 0 Å². The van der Waals surface area contributed by atoms with E-state index in [1.165, 1.54) is 50.4 Å². The first-order chi connectivity index (χ1) is 9.69. The van der Waals surface area contributed by atoms with Crippen molar-refractivity contribution < 1.29 is 0 Å². The summed E-state index contributed by atoms with van der Waals surface area (Å²) >= 11 is 7.53. The van der Waals surface area contributed by atoms with E-state index in [4.69, 9.17) is 11.6 Å². The molecule has 0 amide bonds. The number of halogens is 1. The molecule has 1 aromatic rings. The van der Waals surface area contributed by atoms with Gasteiger partial charge in [-0.2, -0.15) is 0 Å². The van der Waals surface area contributed by atoms with E-state index in [1.54, 1.807) is 11.3 Å². The van der Waals surface area contributed by atoms with E-state index in [1.807, 2.05) is 0 Å². The third-order valence-electron chi connectivity index (χ3n) is 4.01. The second-order valence-corrected chi connectivity index (χ2v) is 7.03. The SMILES string of the molecule is CC1CN(C)CCCN1CCCCc1nc(CCl)cs1. The molecule has 20 heavy (non-hydrogen) atoms. The molecular weight excluding hydrogens is 290 g/mol. The van der Waals surface area contributed by atoms with E-state index < -0.39 is 0 Å². The molecule has 0 spiro atoms. The molecular formula is C15H26ClN3S. The third-order valence-corrected chi connectivity index (χ3v) is 5.24. The Hall–Kier alpha value is -0.160. The summed E-state index contributed by atoms with van der Waals surface area (Å²) in [6, 6.07) is 0.685. The number of aryl methyl sites for hydroxylation is 1. The minimum atomic E-state index is 0.537. The van der Waals surface area contributed by atoms with Crippen molar-refractivity contribution in [3.8, 4) is 0 Å². The number of thiazole rings is 1. The summed E-state index contributed by atoms with van der Waals surface area (Å²) in [6.07, 6.45) is 4.90. The molecule has 1 aliphatic rings. The first-order valence-electron chi connectivity index (χ1n) is 7.61. The lowest BCUT2D eigenvalue weighted by molar-refractivity contribution is 0.199. The molecule has 0 bridgehead atoms. The quantitative estimate of drug-likeness (QED) is 0.593. The predicted molar refractivity (Wildman–Crippen MR) is 87.8 cm³/mol. The maximum Gasteiger partial charge on any atom is 0.0928 e. The zero-order valence-corrected chi connectivity index (χ0v) is 14.2. The van der Waals surface area contributed by atoms with Crippen LogP contribution in [0.4, 0.5) is 0 Å². The Morgan fingerprint density at radius 1 is 1.40 bits per heavy atom. The second-order valence-electron chi connectivity index (χ2n) is 5.82. The fourth-order valence-electron chi connectivity index (χ4n) is 2.87. The number of rotatable bonds is 6. The van der Waals surface area contributed by atoms with Crippen molar-refractivity contribution in [2.45, 2.75) is 44.5 Å². The highest BCUT2D eigenvalue weighted by Gasteiger charge is 2.18. The van der Waals surface area contributed by atoms with Gasteiger partial charge in [-0.3, -0.25) is 4.90 Å². The van der Waals surface area contributed by atoms with Crippen molar-refractivity contribution in [3.05, 3.63) is 16.1 Å².